The van der Waals surface area contributed by atoms with Crippen molar-refractivity contribution in [1.29, 1.82) is 0 Å². The highest BCUT2D eigenvalue weighted by Gasteiger charge is 2.16. The van der Waals surface area contributed by atoms with Crippen molar-refractivity contribution in [1.82, 2.24) is 0 Å². The van der Waals surface area contributed by atoms with E-state index in [2.05, 4.69) is 22.8 Å². The molecule has 0 radical (unpaired) electrons. The SMILES string of the molecule is CC(=O)Nc1cccc(NC(=O)CSC(c2ccccc2)c2ccc(Cl)cc2)c1. The Balaban J connectivity index is 1.68. The topological polar surface area (TPSA) is 58.2 Å². The van der Waals surface area contributed by atoms with E-state index in [9.17, 15) is 9.59 Å². The molecule has 3 aromatic rings. The number of nitrogens with one attached hydrogen (secondary N) is 2. The minimum atomic E-state index is -0.155. The van der Waals surface area contributed by atoms with Gasteiger partial charge in [-0.3, -0.25) is 9.59 Å². The summed E-state index contributed by atoms with van der Waals surface area (Å²) in [5, 5.41) is 6.30. The summed E-state index contributed by atoms with van der Waals surface area (Å²) in [6.45, 7) is 1.45. The summed E-state index contributed by atoms with van der Waals surface area (Å²) < 4.78 is 0. The Morgan fingerprint density at radius 3 is 2.14 bits per heavy atom. The molecule has 0 aromatic heterocycles. The molecule has 2 amide bonds. The first-order valence-corrected chi connectivity index (χ1v) is 10.5. The van der Waals surface area contributed by atoms with Crippen LogP contribution in [0.1, 0.15) is 23.3 Å². The van der Waals surface area contributed by atoms with Crippen molar-refractivity contribution in [3.63, 3.8) is 0 Å². The van der Waals surface area contributed by atoms with E-state index in [1.165, 1.54) is 6.92 Å². The van der Waals surface area contributed by atoms with Gasteiger partial charge in [0.25, 0.3) is 0 Å². The number of thioether (sulfide) groups is 1. The average Bonchev–Trinajstić information content (AvgIpc) is 2.70. The molecule has 0 spiro atoms. The van der Waals surface area contributed by atoms with Gasteiger partial charge in [0.05, 0.1) is 11.0 Å². The Hall–Kier alpha value is -2.76. The number of carbonyl (C=O) groups is 2. The highest BCUT2D eigenvalue weighted by atomic mass is 35.5. The van der Waals surface area contributed by atoms with Crippen LogP contribution < -0.4 is 10.6 Å². The zero-order chi connectivity index (χ0) is 20.6. The third-order valence-corrected chi connectivity index (χ3v) is 5.68. The van der Waals surface area contributed by atoms with E-state index in [1.54, 1.807) is 36.0 Å². The Labute approximate surface area is 179 Å². The molecule has 29 heavy (non-hydrogen) atoms. The lowest BCUT2D eigenvalue weighted by Crippen LogP contribution is -2.15. The second-order valence-corrected chi connectivity index (χ2v) is 7.99. The van der Waals surface area contributed by atoms with Crippen LogP contribution in [0.15, 0.2) is 78.9 Å². The largest absolute Gasteiger partial charge is 0.326 e. The molecule has 0 bridgehead atoms. The summed E-state index contributed by atoms with van der Waals surface area (Å²) >= 11 is 7.58. The van der Waals surface area contributed by atoms with Crippen LogP contribution in [0.25, 0.3) is 0 Å². The van der Waals surface area contributed by atoms with Gasteiger partial charge in [0.15, 0.2) is 0 Å². The highest BCUT2D eigenvalue weighted by Crippen LogP contribution is 2.36. The minimum Gasteiger partial charge on any atom is -0.326 e. The van der Waals surface area contributed by atoms with Crippen LogP contribution in [-0.2, 0) is 9.59 Å². The quantitative estimate of drug-likeness (QED) is 0.507. The number of benzene rings is 3. The van der Waals surface area contributed by atoms with Crippen molar-refractivity contribution < 1.29 is 9.59 Å². The van der Waals surface area contributed by atoms with Crippen LogP contribution >= 0.6 is 23.4 Å². The molecule has 148 valence electrons. The summed E-state index contributed by atoms with van der Waals surface area (Å²) in [6, 6.07) is 24.9. The van der Waals surface area contributed by atoms with Gasteiger partial charge >= 0.3 is 0 Å². The number of anilines is 2. The van der Waals surface area contributed by atoms with E-state index in [1.807, 2.05) is 42.5 Å². The maximum Gasteiger partial charge on any atom is 0.234 e. The van der Waals surface area contributed by atoms with Crippen LogP contribution in [-0.4, -0.2) is 17.6 Å². The van der Waals surface area contributed by atoms with E-state index < -0.39 is 0 Å². The second kappa shape index (κ2) is 10.1. The Morgan fingerprint density at radius 2 is 1.48 bits per heavy atom. The zero-order valence-corrected chi connectivity index (χ0v) is 17.5. The summed E-state index contributed by atoms with van der Waals surface area (Å²) in [4.78, 5) is 23.7. The summed E-state index contributed by atoms with van der Waals surface area (Å²) in [6.07, 6.45) is 0. The second-order valence-electron chi connectivity index (χ2n) is 6.46. The summed E-state index contributed by atoms with van der Waals surface area (Å²) in [5.41, 5.74) is 3.50. The van der Waals surface area contributed by atoms with Crippen LogP contribution in [0.3, 0.4) is 0 Å². The molecule has 2 N–H and O–H groups in total. The van der Waals surface area contributed by atoms with Crippen molar-refractivity contribution in [3.05, 3.63) is 95.0 Å². The van der Waals surface area contributed by atoms with Crippen molar-refractivity contribution >= 4 is 46.6 Å². The van der Waals surface area contributed by atoms with E-state index in [4.69, 9.17) is 11.6 Å². The van der Waals surface area contributed by atoms with E-state index in [0.29, 0.717) is 16.4 Å². The van der Waals surface area contributed by atoms with Crippen molar-refractivity contribution in [3.8, 4) is 0 Å². The third-order valence-electron chi connectivity index (χ3n) is 4.12. The Morgan fingerprint density at radius 1 is 0.862 bits per heavy atom. The molecule has 3 aromatic carbocycles. The number of amides is 2. The summed E-state index contributed by atoms with van der Waals surface area (Å²) in [5.74, 6) is 0.0228. The molecule has 0 heterocycles. The van der Waals surface area contributed by atoms with Crippen molar-refractivity contribution in [2.24, 2.45) is 0 Å². The third kappa shape index (κ3) is 6.38. The van der Waals surface area contributed by atoms with Crippen molar-refractivity contribution in [2.75, 3.05) is 16.4 Å². The first-order chi connectivity index (χ1) is 14.0. The van der Waals surface area contributed by atoms with E-state index in [-0.39, 0.29) is 22.8 Å². The molecule has 0 aliphatic rings. The van der Waals surface area contributed by atoms with Crippen LogP contribution in [0.2, 0.25) is 5.02 Å². The van der Waals surface area contributed by atoms with Gasteiger partial charge in [-0.25, -0.2) is 0 Å². The lowest BCUT2D eigenvalue weighted by atomic mass is 10.0. The van der Waals surface area contributed by atoms with Gasteiger partial charge in [0.2, 0.25) is 11.8 Å². The van der Waals surface area contributed by atoms with Crippen LogP contribution in [0, 0.1) is 0 Å². The number of rotatable bonds is 7. The van der Waals surface area contributed by atoms with Gasteiger partial charge in [-0.05, 0) is 41.5 Å². The Bertz CT molecular complexity index is 978. The first-order valence-electron chi connectivity index (χ1n) is 9.11. The fourth-order valence-corrected chi connectivity index (χ4v) is 4.10. The normalized spacial score (nSPS) is 11.5. The fraction of sp³-hybridized carbons (Fsp3) is 0.130. The van der Waals surface area contributed by atoms with Crippen LogP contribution in [0.5, 0.6) is 0 Å². The molecule has 0 saturated carbocycles. The number of carbonyl (C=O) groups excluding carboxylic acids is 2. The molecule has 0 aliphatic heterocycles. The molecule has 0 aliphatic carbocycles. The Kier molecular flexibility index (Phi) is 7.33. The minimum absolute atomic E-state index is 0.0185. The maximum absolute atomic E-state index is 12.5. The molecule has 4 nitrogen and oxygen atoms in total. The molecule has 0 saturated heterocycles. The smallest absolute Gasteiger partial charge is 0.234 e. The van der Waals surface area contributed by atoms with E-state index in [0.717, 1.165) is 11.1 Å². The molecular formula is C23H21ClN2O2S. The van der Waals surface area contributed by atoms with Gasteiger partial charge in [-0.1, -0.05) is 60.1 Å². The van der Waals surface area contributed by atoms with E-state index >= 15 is 0 Å². The maximum atomic E-state index is 12.5. The van der Waals surface area contributed by atoms with Crippen LogP contribution in [0.4, 0.5) is 11.4 Å². The number of hydrogen-bond donors (Lipinski definition) is 2. The lowest BCUT2D eigenvalue weighted by molar-refractivity contribution is -0.114. The fourth-order valence-electron chi connectivity index (χ4n) is 2.88. The number of hydrogen-bond acceptors (Lipinski definition) is 3. The molecule has 0 fully saturated rings. The van der Waals surface area contributed by atoms with Gasteiger partial charge in [-0.15, -0.1) is 11.8 Å². The highest BCUT2D eigenvalue weighted by molar-refractivity contribution is 8.00. The molecular weight excluding hydrogens is 404 g/mol. The predicted octanol–water partition coefficient (Wildman–Crippen LogP) is 5.76. The zero-order valence-electron chi connectivity index (χ0n) is 15.9. The molecule has 1 unspecified atom stereocenters. The van der Waals surface area contributed by atoms with Gasteiger partial charge < -0.3 is 10.6 Å². The summed E-state index contributed by atoms with van der Waals surface area (Å²) in [7, 11) is 0. The standard InChI is InChI=1S/C23H21ClN2O2S/c1-16(27)25-20-8-5-9-21(14-20)26-22(28)15-29-23(17-6-3-2-4-7-17)18-10-12-19(24)13-11-18/h2-14,23H,15H2,1H3,(H,25,27)(H,26,28). The number of halogens is 1. The lowest BCUT2D eigenvalue weighted by Gasteiger charge is -2.18. The van der Waals surface area contributed by atoms with Gasteiger partial charge in [0.1, 0.15) is 0 Å². The van der Waals surface area contributed by atoms with Gasteiger partial charge in [0, 0.05) is 23.3 Å². The predicted molar refractivity (Wildman–Crippen MR) is 122 cm³/mol. The van der Waals surface area contributed by atoms with Crippen molar-refractivity contribution in [2.45, 2.75) is 12.2 Å². The van der Waals surface area contributed by atoms with Gasteiger partial charge in [-0.2, -0.15) is 0 Å². The molecule has 3 rings (SSSR count). The average molecular weight is 425 g/mol. The monoisotopic (exact) mass is 424 g/mol. The first kappa shape index (κ1) is 21.0. The molecule has 1 atom stereocenters. The molecule has 6 heteroatoms.